The van der Waals surface area contributed by atoms with E-state index >= 15 is 0 Å². The van der Waals surface area contributed by atoms with Crippen molar-refractivity contribution < 1.29 is 23.8 Å². The van der Waals surface area contributed by atoms with Gasteiger partial charge in [-0.3, -0.25) is 4.79 Å². The number of esters is 1. The molecule has 6 nitrogen and oxygen atoms in total. The third-order valence-corrected chi connectivity index (χ3v) is 5.50. The molecule has 29 heavy (non-hydrogen) atoms. The molecule has 2 atom stereocenters. The van der Waals surface area contributed by atoms with E-state index in [2.05, 4.69) is 11.4 Å². The maximum atomic E-state index is 13.2. The summed E-state index contributed by atoms with van der Waals surface area (Å²) >= 11 is 0. The highest BCUT2D eigenvalue weighted by Gasteiger charge is 2.46. The van der Waals surface area contributed by atoms with E-state index in [4.69, 9.17) is 14.2 Å². The fraction of sp³-hybridized carbons (Fsp3) is 0.478. The predicted octanol–water partition coefficient (Wildman–Crippen LogP) is 3.73. The average molecular weight is 399 g/mol. The minimum atomic E-state index is -0.468. The topological polar surface area (TPSA) is 73.9 Å². The van der Waals surface area contributed by atoms with Gasteiger partial charge >= 0.3 is 5.97 Å². The first-order valence-corrected chi connectivity index (χ1v) is 9.84. The van der Waals surface area contributed by atoms with E-state index in [1.165, 1.54) is 0 Å². The van der Waals surface area contributed by atoms with Crippen molar-refractivity contribution >= 4 is 11.8 Å². The van der Waals surface area contributed by atoms with Crippen molar-refractivity contribution in [1.82, 2.24) is 5.32 Å². The Hall–Kier alpha value is -2.76. The molecule has 1 aromatic rings. The van der Waals surface area contributed by atoms with E-state index in [0.717, 1.165) is 11.3 Å². The van der Waals surface area contributed by atoms with Crippen LogP contribution >= 0.6 is 0 Å². The van der Waals surface area contributed by atoms with Gasteiger partial charge in [0.2, 0.25) is 0 Å². The molecule has 1 aliphatic heterocycles. The third kappa shape index (κ3) is 3.88. The molecule has 0 aromatic heterocycles. The Morgan fingerprint density at radius 2 is 1.86 bits per heavy atom. The third-order valence-electron chi connectivity index (χ3n) is 5.50. The second kappa shape index (κ2) is 7.93. The zero-order valence-corrected chi connectivity index (χ0v) is 17.9. The number of hydrogen-bond donors (Lipinski definition) is 1. The molecule has 0 amide bonds. The summed E-state index contributed by atoms with van der Waals surface area (Å²) in [7, 11) is 3.14. The van der Waals surface area contributed by atoms with Gasteiger partial charge in [-0.2, -0.15) is 0 Å². The van der Waals surface area contributed by atoms with Gasteiger partial charge in [0, 0.05) is 23.7 Å². The van der Waals surface area contributed by atoms with Gasteiger partial charge in [-0.15, -0.1) is 0 Å². The number of methoxy groups -OCH3 is 2. The van der Waals surface area contributed by atoms with Crippen LogP contribution in [0.4, 0.5) is 0 Å². The van der Waals surface area contributed by atoms with Crippen molar-refractivity contribution in [3.05, 3.63) is 46.8 Å². The Morgan fingerprint density at radius 1 is 1.17 bits per heavy atom. The Labute approximate surface area is 171 Å². The van der Waals surface area contributed by atoms with Crippen molar-refractivity contribution in [2.45, 2.75) is 40.0 Å². The number of carbonyl (C=O) groups is 2. The van der Waals surface area contributed by atoms with E-state index in [0.29, 0.717) is 29.2 Å². The highest BCUT2D eigenvalue weighted by molar-refractivity contribution is 5.96. The largest absolute Gasteiger partial charge is 0.493 e. The first-order chi connectivity index (χ1) is 13.7. The molecule has 0 radical (unpaired) electrons. The molecular weight excluding hydrogens is 370 g/mol. The smallest absolute Gasteiger partial charge is 0.336 e. The normalized spacial score (nSPS) is 23.0. The minimum Gasteiger partial charge on any atom is -0.493 e. The van der Waals surface area contributed by atoms with Gasteiger partial charge in [-0.05, 0) is 37.0 Å². The highest BCUT2D eigenvalue weighted by atomic mass is 16.5. The van der Waals surface area contributed by atoms with Crippen LogP contribution in [0.1, 0.15) is 45.6 Å². The molecule has 1 heterocycles. The first kappa shape index (κ1) is 21.0. The maximum absolute atomic E-state index is 13.2. The van der Waals surface area contributed by atoms with Crippen molar-refractivity contribution in [2.75, 3.05) is 20.8 Å². The van der Waals surface area contributed by atoms with E-state index in [1.54, 1.807) is 27.2 Å². The number of allylic oxidation sites excluding steroid dienone is 3. The van der Waals surface area contributed by atoms with Gasteiger partial charge in [0.25, 0.3) is 0 Å². The number of hydrogen-bond acceptors (Lipinski definition) is 6. The number of Topliss-reactive ketones (excluding diaryl/α,β-unsaturated/α-hetero) is 1. The number of benzene rings is 1. The molecule has 3 rings (SSSR count). The average Bonchev–Trinajstić information content (AvgIpc) is 2.65. The van der Waals surface area contributed by atoms with Crippen LogP contribution in [0.3, 0.4) is 0 Å². The molecular formula is C23H29NO5. The lowest BCUT2D eigenvalue weighted by atomic mass is 9.66. The lowest BCUT2D eigenvalue weighted by Crippen LogP contribution is -2.43. The van der Waals surface area contributed by atoms with Crippen molar-refractivity contribution in [3.63, 3.8) is 0 Å². The first-order valence-electron chi connectivity index (χ1n) is 9.84. The van der Waals surface area contributed by atoms with Crippen LogP contribution in [-0.4, -0.2) is 32.6 Å². The fourth-order valence-electron chi connectivity index (χ4n) is 4.35. The Kier molecular flexibility index (Phi) is 5.73. The van der Waals surface area contributed by atoms with Crippen molar-refractivity contribution in [2.24, 2.45) is 11.3 Å². The van der Waals surface area contributed by atoms with Gasteiger partial charge < -0.3 is 19.5 Å². The number of ketones is 1. The monoisotopic (exact) mass is 399 g/mol. The van der Waals surface area contributed by atoms with Crippen LogP contribution < -0.4 is 14.8 Å². The number of rotatable bonds is 5. The molecule has 0 saturated heterocycles. The van der Waals surface area contributed by atoms with Crippen LogP contribution in [0.2, 0.25) is 0 Å². The summed E-state index contributed by atoms with van der Waals surface area (Å²) in [5.74, 6) is -0.0776. The van der Waals surface area contributed by atoms with Crippen molar-refractivity contribution in [1.29, 1.82) is 0 Å². The van der Waals surface area contributed by atoms with Gasteiger partial charge in [0.05, 0.1) is 32.3 Å². The standard InChI is InChI=1S/C23H29NO5/c1-7-29-22(26)19-13(2)24-15-11-23(3,4)12-16(25)21(15)20(19)14-8-9-17(27-5)18(10-14)28-6/h8-11,20-21,24H,7,12H2,1-6H3. The molecule has 6 heteroatoms. The van der Waals surface area contributed by atoms with E-state index < -0.39 is 17.8 Å². The van der Waals surface area contributed by atoms with Crippen LogP contribution in [0, 0.1) is 11.3 Å². The highest BCUT2D eigenvalue weighted by Crippen LogP contribution is 2.48. The molecule has 1 N–H and O–H groups in total. The maximum Gasteiger partial charge on any atom is 0.336 e. The van der Waals surface area contributed by atoms with E-state index in [1.807, 2.05) is 32.9 Å². The predicted molar refractivity (Wildman–Crippen MR) is 110 cm³/mol. The summed E-state index contributed by atoms with van der Waals surface area (Å²) in [5.41, 5.74) is 2.61. The molecule has 0 spiro atoms. The van der Waals surface area contributed by atoms with Crippen LogP contribution in [0.5, 0.6) is 11.5 Å². The Balaban J connectivity index is 2.21. The second-order valence-electron chi connectivity index (χ2n) is 8.19. The number of ether oxygens (including phenoxy) is 3. The number of nitrogens with one attached hydrogen (secondary N) is 1. The van der Waals surface area contributed by atoms with Crippen LogP contribution in [0.15, 0.2) is 41.2 Å². The van der Waals surface area contributed by atoms with E-state index in [9.17, 15) is 9.59 Å². The van der Waals surface area contributed by atoms with Gasteiger partial charge in [-0.1, -0.05) is 26.0 Å². The summed E-state index contributed by atoms with van der Waals surface area (Å²) in [6, 6.07) is 5.52. The zero-order chi connectivity index (χ0) is 21.3. The molecule has 0 saturated carbocycles. The molecule has 0 fully saturated rings. The van der Waals surface area contributed by atoms with Gasteiger partial charge in [-0.25, -0.2) is 4.79 Å². The molecule has 2 aliphatic rings. The Bertz CT molecular complexity index is 897. The van der Waals surface area contributed by atoms with Crippen LogP contribution in [-0.2, 0) is 14.3 Å². The molecule has 1 aromatic carbocycles. The number of carbonyl (C=O) groups excluding carboxylic acids is 2. The van der Waals surface area contributed by atoms with Gasteiger partial charge in [0.15, 0.2) is 11.5 Å². The molecule has 1 aliphatic carbocycles. The summed E-state index contributed by atoms with van der Waals surface area (Å²) < 4.78 is 16.1. The Morgan fingerprint density at radius 3 is 2.48 bits per heavy atom. The molecule has 0 bridgehead atoms. The van der Waals surface area contributed by atoms with Crippen molar-refractivity contribution in [3.8, 4) is 11.5 Å². The zero-order valence-electron chi connectivity index (χ0n) is 17.9. The lowest BCUT2D eigenvalue weighted by molar-refractivity contribution is -0.139. The summed E-state index contributed by atoms with van der Waals surface area (Å²) in [6.45, 7) is 7.98. The van der Waals surface area contributed by atoms with Gasteiger partial charge in [0.1, 0.15) is 5.78 Å². The molecule has 156 valence electrons. The summed E-state index contributed by atoms with van der Waals surface area (Å²) in [6.07, 6.45) is 2.53. The SMILES string of the molecule is CCOC(=O)C1=C(C)NC2=CC(C)(C)CC(=O)C2C1c1ccc(OC)c(OC)c1. The summed E-state index contributed by atoms with van der Waals surface area (Å²) in [5, 5.41) is 3.31. The lowest BCUT2D eigenvalue weighted by Gasteiger charge is -2.41. The molecule has 2 unspecified atom stereocenters. The summed E-state index contributed by atoms with van der Waals surface area (Å²) in [4.78, 5) is 26.1. The second-order valence-corrected chi connectivity index (χ2v) is 8.19. The fourth-order valence-corrected chi connectivity index (χ4v) is 4.35. The quantitative estimate of drug-likeness (QED) is 0.761. The van der Waals surface area contributed by atoms with E-state index in [-0.39, 0.29) is 17.8 Å². The number of fused-ring (bicyclic) bond motifs is 1. The van der Waals surface area contributed by atoms with Crippen LogP contribution in [0.25, 0.3) is 0 Å². The minimum absolute atomic E-state index is 0.106.